The molecular weight excluding hydrogens is 366 g/mol. The van der Waals surface area contributed by atoms with Gasteiger partial charge in [0, 0.05) is 31.9 Å². The average molecular weight is 398 g/mol. The van der Waals surface area contributed by atoms with Crippen molar-refractivity contribution >= 4 is 21.6 Å². The molecule has 2 atom stereocenters. The fourth-order valence-electron chi connectivity index (χ4n) is 3.27. The number of anilines is 1. The second-order valence-corrected chi connectivity index (χ2v) is 8.82. The van der Waals surface area contributed by atoms with Crippen molar-refractivity contribution in [3.05, 3.63) is 23.8 Å². The lowest BCUT2D eigenvalue weighted by Gasteiger charge is -2.34. The zero-order valence-corrected chi connectivity index (χ0v) is 17.7. The fourth-order valence-corrected chi connectivity index (χ4v) is 4.98. The molecule has 0 saturated carbocycles. The summed E-state index contributed by atoms with van der Waals surface area (Å²) in [6, 6.07) is 4.70. The van der Waals surface area contributed by atoms with Crippen LogP contribution in [0.3, 0.4) is 0 Å². The summed E-state index contributed by atoms with van der Waals surface area (Å²) in [5.41, 5.74) is 1.15. The van der Waals surface area contributed by atoms with Crippen LogP contribution in [0.2, 0.25) is 0 Å². The second-order valence-electron chi connectivity index (χ2n) is 6.91. The number of hydrogen-bond acceptors (Lipinski definition) is 5. The zero-order chi connectivity index (χ0) is 20.2. The number of carbonyl (C=O) groups excluding carboxylic acids is 1. The predicted molar refractivity (Wildman–Crippen MR) is 106 cm³/mol. The lowest BCUT2D eigenvalue weighted by molar-refractivity contribution is -0.123. The molecule has 1 aliphatic rings. The highest BCUT2D eigenvalue weighted by Crippen LogP contribution is 2.24. The molecule has 2 rings (SSSR count). The molecule has 1 aromatic rings. The highest BCUT2D eigenvalue weighted by atomic mass is 32.2. The highest BCUT2D eigenvalue weighted by Gasteiger charge is 2.27. The van der Waals surface area contributed by atoms with Crippen LogP contribution in [0.5, 0.6) is 0 Å². The number of rotatable bonds is 7. The molecule has 1 N–H and O–H groups in total. The monoisotopic (exact) mass is 397 g/mol. The first-order chi connectivity index (χ1) is 12.7. The number of morpholine rings is 1. The molecule has 1 fully saturated rings. The van der Waals surface area contributed by atoms with E-state index in [1.807, 2.05) is 27.7 Å². The quantitative estimate of drug-likeness (QED) is 0.762. The minimum Gasteiger partial charge on any atom is -0.376 e. The molecule has 0 spiro atoms. The van der Waals surface area contributed by atoms with Crippen molar-refractivity contribution < 1.29 is 17.9 Å². The first-order valence-corrected chi connectivity index (χ1v) is 10.9. The van der Waals surface area contributed by atoms with Gasteiger partial charge in [-0.05, 0) is 38.5 Å². The smallest absolute Gasteiger partial charge is 0.243 e. The van der Waals surface area contributed by atoms with Gasteiger partial charge in [-0.2, -0.15) is 4.31 Å². The third kappa shape index (κ3) is 5.07. The van der Waals surface area contributed by atoms with Crippen molar-refractivity contribution in [1.82, 2.24) is 9.21 Å². The van der Waals surface area contributed by atoms with Crippen molar-refractivity contribution in [2.45, 2.75) is 51.7 Å². The molecule has 1 saturated heterocycles. The Morgan fingerprint density at radius 3 is 2.63 bits per heavy atom. The summed E-state index contributed by atoms with van der Waals surface area (Å²) in [7, 11) is -3.58. The van der Waals surface area contributed by atoms with Crippen LogP contribution in [-0.2, 0) is 19.6 Å². The molecule has 1 amide bonds. The molecule has 0 radical (unpaired) electrons. The summed E-state index contributed by atoms with van der Waals surface area (Å²) >= 11 is 0. The maximum atomic E-state index is 12.9. The zero-order valence-electron chi connectivity index (χ0n) is 16.9. The topological polar surface area (TPSA) is 79.0 Å². The Morgan fingerprint density at radius 2 is 2.04 bits per heavy atom. The van der Waals surface area contributed by atoms with E-state index in [4.69, 9.17) is 4.74 Å². The van der Waals surface area contributed by atoms with Gasteiger partial charge in [-0.25, -0.2) is 8.42 Å². The van der Waals surface area contributed by atoms with E-state index in [0.29, 0.717) is 44.0 Å². The summed E-state index contributed by atoms with van der Waals surface area (Å²) in [4.78, 5) is 15.0. The van der Waals surface area contributed by atoms with E-state index in [1.54, 1.807) is 25.1 Å². The molecule has 7 nitrogen and oxygen atoms in total. The Kier molecular flexibility index (Phi) is 7.39. The summed E-state index contributed by atoms with van der Waals surface area (Å²) in [5, 5.41) is 2.86. The number of carbonyl (C=O) groups is 1. The van der Waals surface area contributed by atoms with Crippen LogP contribution in [0.15, 0.2) is 23.1 Å². The number of hydrogen-bond donors (Lipinski definition) is 1. The van der Waals surface area contributed by atoms with Crippen LogP contribution in [0.1, 0.15) is 33.3 Å². The molecule has 0 aromatic heterocycles. The summed E-state index contributed by atoms with van der Waals surface area (Å²) in [6.45, 7) is 12.0. The lowest BCUT2D eigenvalue weighted by Crippen LogP contribution is -2.50. The van der Waals surface area contributed by atoms with Gasteiger partial charge in [-0.1, -0.05) is 19.9 Å². The number of amides is 1. The van der Waals surface area contributed by atoms with Crippen LogP contribution in [0.25, 0.3) is 0 Å². The van der Waals surface area contributed by atoms with Crippen LogP contribution in [-0.4, -0.2) is 68.5 Å². The van der Waals surface area contributed by atoms with Crippen LogP contribution >= 0.6 is 0 Å². The molecule has 1 aliphatic heterocycles. The van der Waals surface area contributed by atoms with Crippen molar-refractivity contribution in [2.24, 2.45) is 0 Å². The fraction of sp³-hybridized carbons (Fsp3) is 0.632. The van der Waals surface area contributed by atoms with E-state index in [9.17, 15) is 13.2 Å². The number of aryl methyl sites for hydroxylation is 1. The normalized spacial score (nSPS) is 19.9. The van der Waals surface area contributed by atoms with Gasteiger partial charge >= 0.3 is 0 Å². The maximum Gasteiger partial charge on any atom is 0.243 e. The molecule has 8 heteroatoms. The lowest BCUT2D eigenvalue weighted by atomic mass is 10.2. The van der Waals surface area contributed by atoms with E-state index in [-0.39, 0.29) is 22.9 Å². The number of nitrogens with one attached hydrogen (secondary N) is 1. The number of nitrogens with zero attached hydrogens (tertiary/aromatic N) is 2. The number of sulfonamides is 1. The standard InChI is InChI=1S/C19H31N3O4S/c1-6-22(7-2)27(24,25)18-12-17(9-8-14(18)3)20-19(23)16(5)21-10-11-26-15(4)13-21/h8-9,12,15-16H,6-7,10-11,13H2,1-5H3,(H,20,23)/t15-,16-/m0/s1. The van der Waals surface area contributed by atoms with Gasteiger partial charge in [0.15, 0.2) is 0 Å². The first-order valence-electron chi connectivity index (χ1n) is 9.48. The average Bonchev–Trinajstić information content (AvgIpc) is 2.63. The molecule has 0 bridgehead atoms. The Hall–Kier alpha value is -1.48. The van der Waals surface area contributed by atoms with Gasteiger partial charge in [0.2, 0.25) is 15.9 Å². The first kappa shape index (κ1) is 21.8. The van der Waals surface area contributed by atoms with Crippen molar-refractivity contribution in [1.29, 1.82) is 0 Å². The Balaban J connectivity index is 2.19. The largest absolute Gasteiger partial charge is 0.376 e. The van der Waals surface area contributed by atoms with Gasteiger partial charge < -0.3 is 10.1 Å². The summed E-state index contributed by atoms with van der Waals surface area (Å²) in [6.07, 6.45) is 0.0965. The SMILES string of the molecule is CCN(CC)S(=O)(=O)c1cc(NC(=O)[C@H](C)N2CCO[C@@H](C)C2)ccc1C. The number of benzene rings is 1. The van der Waals surface area contributed by atoms with Gasteiger partial charge in [0.05, 0.1) is 23.6 Å². The molecule has 0 unspecified atom stereocenters. The van der Waals surface area contributed by atoms with E-state index >= 15 is 0 Å². The van der Waals surface area contributed by atoms with Crippen LogP contribution in [0, 0.1) is 6.92 Å². The molecule has 152 valence electrons. The van der Waals surface area contributed by atoms with E-state index < -0.39 is 10.0 Å². The van der Waals surface area contributed by atoms with Crippen LogP contribution in [0.4, 0.5) is 5.69 Å². The minimum atomic E-state index is -3.58. The number of ether oxygens (including phenoxy) is 1. The van der Waals surface area contributed by atoms with Crippen molar-refractivity contribution in [3.63, 3.8) is 0 Å². The highest BCUT2D eigenvalue weighted by molar-refractivity contribution is 7.89. The molecule has 27 heavy (non-hydrogen) atoms. The predicted octanol–water partition coefficient (Wildman–Crippen LogP) is 2.07. The van der Waals surface area contributed by atoms with Crippen molar-refractivity contribution in [3.8, 4) is 0 Å². The summed E-state index contributed by atoms with van der Waals surface area (Å²) < 4.78 is 32.7. The van der Waals surface area contributed by atoms with E-state index in [2.05, 4.69) is 10.2 Å². The van der Waals surface area contributed by atoms with Gasteiger partial charge in [-0.3, -0.25) is 9.69 Å². The van der Waals surface area contributed by atoms with E-state index in [1.165, 1.54) is 4.31 Å². The van der Waals surface area contributed by atoms with Gasteiger partial charge in [-0.15, -0.1) is 0 Å². The second kappa shape index (κ2) is 9.14. The minimum absolute atomic E-state index is 0.0965. The van der Waals surface area contributed by atoms with Crippen LogP contribution < -0.4 is 5.32 Å². The van der Waals surface area contributed by atoms with Gasteiger partial charge in [0.1, 0.15) is 0 Å². The van der Waals surface area contributed by atoms with Crippen molar-refractivity contribution in [2.75, 3.05) is 38.1 Å². The third-order valence-corrected chi connectivity index (χ3v) is 7.17. The van der Waals surface area contributed by atoms with Gasteiger partial charge in [0.25, 0.3) is 0 Å². The third-order valence-electron chi connectivity index (χ3n) is 4.98. The summed E-state index contributed by atoms with van der Waals surface area (Å²) in [5.74, 6) is -0.154. The Labute approximate surface area is 162 Å². The van der Waals surface area contributed by atoms with E-state index in [0.717, 1.165) is 0 Å². The molecule has 1 heterocycles. The molecular formula is C19H31N3O4S. The Bertz CT molecular complexity index is 762. The Morgan fingerprint density at radius 1 is 1.37 bits per heavy atom. The maximum absolute atomic E-state index is 12.9. The molecule has 0 aliphatic carbocycles. The molecule has 1 aromatic carbocycles.